The maximum absolute atomic E-state index is 12.4. The fraction of sp³-hybridized carbons (Fsp3) is 0.500. The van der Waals surface area contributed by atoms with Gasteiger partial charge in [-0.25, -0.2) is 4.79 Å². The van der Waals surface area contributed by atoms with E-state index in [0.29, 0.717) is 10.2 Å². The summed E-state index contributed by atoms with van der Waals surface area (Å²) in [5, 5.41) is 12.0. The molecule has 2 N–H and O–H groups in total. The molecule has 1 saturated carbocycles. The number of carbonyl (C=O) groups excluding carboxylic acids is 1. The number of anilines is 1. The molecule has 1 aromatic rings. The minimum atomic E-state index is -1.04. The van der Waals surface area contributed by atoms with Crippen LogP contribution in [0.15, 0.2) is 22.7 Å². The van der Waals surface area contributed by atoms with Crippen molar-refractivity contribution in [2.45, 2.75) is 44.9 Å². The number of carbonyl (C=O) groups is 2. The Morgan fingerprint density at radius 3 is 2.33 bits per heavy atom. The van der Waals surface area contributed by atoms with Crippen LogP contribution in [-0.2, 0) is 4.79 Å². The number of carboxylic acid groups (broad SMARTS) is 1. The van der Waals surface area contributed by atoms with Crippen molar-refractivity contribution in [1.29, 1.82) is 0 Å². The standard InChI is InChI=1S/C16H20BrNO3/c17-13-10-6-9-12(16(20)21)14(13)18-15(19)11-7-4-2-1-3-5-8-11/h6,9-11H,1-5,7-8H2,(H,18,19)(H,20,21). The number of halogens is 1. The van der Waals surface area contributed by atoms with E-state index < -0.39 is 5.97 Å². The minimum absolute atomic E-state index is 0.0148. The quantitative estimate of drug-likeness (QED) is 0.843. The highest BCUT2D eigenvalue weighted by atomic mass is 79.9. The summed E-state index contributed by atoms with van der Waals surface area (Å²) in [5.41, 5.74) is 0.473. The average molecular weight is 354 g/mol. The molecule has 0 atom stereocenters. The van der Waals surface area contributed by atoms with Crippen LogP contribution >= 0.6 is 15.9 Å². The summed E-state index contributed by atoms with van der Waals surface area (Å²) in [6, 6.07) is 4.89. The van der Waals surface area contributed by atoms with Gasteiger partial charge in [0.25, 0.3) is 0 Å². The molecule has 0 unspecified atom stereocenters. The molecule has 1 amide bonds. The van der Waals surface area contributed by atoms with Gasteiger partial charge < -0.3 is 10.4 Å². The van der Waals surface area contributed by atoms with Gasteiger partial charge in [-0.05, 0) is 40.9 Å². The molecule has 5 heteroatoms. The van der Waals surface area contributed by atoms with Crippen molar-refractivity contribution in [3.8, 4) is 0 Å². The van der Waals surface area contributed by atoms with Crippen molar-refractivity contribution in [2.24, 2.45) is 5.92 Å². The van der Waals surface area contributed by atoms with Crippen molar-refractivity contribution in [3.63, 3.8) is 0 Å². The molecule has 0 radical (unpaired) electrons. The smallest absolute Gasteiger partial charge is 0.337 e. The average Bonchev–Trinajstić information content (AvgIpc) is 2.40. The van der Waals surface area contributed by atoms with Crippen LogP contribution in [0.1, 0.15) is 55.3 Å². The fourth-order valence-corrected chi connectivity index (χ4v) is 3.24. The van der Waals surface area contributed by atoms with Gasteiger partial charge in [-0.15, -0.1) is 0 Å². The molecule has 21 heavy (non-hydrogen) atoms. The van der Waals surface area contributed by atoms with E-state index in [0.717, 1.165) is 25.7 Å². The third-order valence-corrected chi connectivity index (χ3v) is 4.63. The predicted octanol–water partition coefficient (Wildman–Crippen LogP) is 4.45. The molecule has 0 heterocycles. The topological polar surface area (TPSA) is 66.4 Å². The molecular formula is C16H20BrNO3. The zero-order valence-corrected chi connectivity index (χ0v) is 13.5. The van der Waals surface area contributed by atoms with E-state index in [1.165, 1.54) is 25.3 Å². The number of rotatable bonds is 3. The molecule has 1 aromatic carbocycles. The first-order valence-electron chi connectivity index (χ1n) is 7.42. The van der Waals surface area contributed by atoms with Gasteiger partial charge in [0.2, 0.25) is 5.91 Å². The molecule has 0 spiro atoms. The Morgan fingerprint density at radius 1 is 1.10 bits per heavy atom. The van der Waals surface area contributed by atoms with Crippen molar-refractivity contribution >= 4 is 33.5 Å². The van der Waals surface area contributed by atoms with Crippen LogP contribution in [0.2, 0.25) is 0 Å². The van der Waals surface area contributed by atoms with E-state index in [1.54, 1.807) is 12.1 Å². The van der Waals surface area contributed by atoms with Crippen LogP contribution in [0, 0.1) is 5.92 Å². The van der Waals surface area contributed by atoms with Gasteiger partial charge in [-0.3, -0.25) is 4.79 Å². The van der Waals surface area contributed by atoms with Crippen LogP contribution in [0.25, 0.3) is 0 Å². The molecular weight excluding hydrogens is 334 g/mol. The number of hydrogen-bond acceptors (Lipinski definition) is 2. The summed E-state index contributed by atoms with van der Waals surface area (Å²) >= 11 is 3.32. The molecule has 114 valence electrons. The highest BCUT2D eigenvalue weighted by Crippen LogP contribution is 2.29. The van der Waals surface area contributed by atoms with Crippen LogP contribution in [0.5, 0.6) is 0 Å². The second kappa shape index (κ2) is 7.59. The zero-order chi connectivity index (χ0) is 15.2. The Hall–Kier alpha value is -1.36. The molecule has 0 aliphatic heterocycles. The summed E-state index contributed by atoms with van der Waals surface area (Å²) < 4.78 is 0.599. The fourth-order valence-electron chi connectivity index (χ4n) is 2.77. The molecule has 2 rings (SSSR count). The third kappa shape index (κ3) is 4.30. The lowest BCUT2D eigenvalue weighted by molar-refractivity contribution is -0.120. The van der Waals surface area contributed by atoms with Crippen LogP contribution in [0.4, 0.5) is 5.69 Å². The number of para-hydroxylation sites is 1. The predicted molar refractivity (Wildman–Crippen MR) is 85.5 cm³/mol. The lowest BCUT2D eigenvalue weighted by Gasteiger charge is -2.20. The molecule has 0 aromatic heterocycles. The second-order valence-electron chi connectivity index (χ2n) is 5.50. The normalized spacial score (nSPS) is 16.8. The van der Waals surface area contributed by atoms with Gasteiger partial charge in [0.15, 0.2) is 0 Å². The molecule has 0 saturated heterocycles. The number of benzene rings is 1. The van der Waals surface area contributed by atoms with Crippen molar-refractivity contribution < 1.29 is 14.7 Å². The number of nitrogens with one attached hydrogen (secondary N) is 1. The summed E-state index contributed by atoms with van der Waals surface area (Å²) in [7, 11) is 0. The van der Waals surface area contributed by atoms with Gasteiger partial charge >= 0.3 is 5.97 Å². The van der Waals surface area contributed by atoms with Crippen molar-refractivity contribution in [2.75, 3.05) is 5.32 Å². The number of aromatic carboxylic acids is 1. The van der Waals surface area contributed by atoms with E-state index in [2.05, 4.69) is 21.2 Å². The van der Waals surface area contributed by atoms with Gasteiger partial charge in [0.1, 0.15) is 0 Å². The Bertz CT molecular complexity index is 522. The van der Waals surface area contributed by atoms with Crippen LogP contribution in [0.3, 0.4) is 0 Å². The maximum Gasteiger partial charge on any atom is 0.337 e. The van der Waals surface area contributed by atoms with Gasteiger partial charge in [0, 0.05) is 10.4 Å². The third-order valence-electron chi connectivity index (χ3n) is 3.97. The van der Waals surface area contributed by atoms with Crippen molar-refractivity contribution in [3.05, 3.63) is 28.2 Å². The summed E-state index contributed by atoms with van der Waals surface area (Å²) in [6.45, 7) is 0. The lowest BCUT2D eigenvalue weighted by atomic mass is 9.90. The van der Waals surface area contributed by atoms with Gasteiger partial charge in [-0.2, -0.15) is 0 Å². The van der Waals surface area contributed by atoms with Gasteiger partial charge in [0.05, 0.1) is 11.3 Å². The largest absolute Gasteiger partial charge is 0.478 e. The molecule has 1 aliphatic carbocycles. The first kappa shape index (κ1) is 16.0. The number of amides is 1. The minimum Gasteiger partial charge on any atom is -0.478 e. The SMILES string of the molecule is O=C(O)c1cccc(Br)c1NC(=O)C1CCCCCCC1. The second-order valence-corrected chi connectivity index (χ2v) is 6.35. The lowest BCUT2D eigenvalue weighted by Crippen LogP contribution is -2.25. The van der Waals surface area contributed by atoms with Gasteiger partial charge in [-0.1, -0.05) is 38.2 Å². The first-order chi connectivity index (χ1) is 10.1. The van der Waals surface area contributed by atoms with E-state index in [1.807, 2.05) is 0 Å². The maximum atomic E-state index is 12.4. The molecule has 1 aliphatic rings. The number of carboxylic acids is 1. The monoisotopic (exact) mass is 353 g/mol. The Morgan fingerprint density at radius 2 is 1.71 bits per heavy atom. The summed E-state index contributed by atoms with van der Waals surface area (Å²) in [4.78, 5) is 23.7. The highest BCUT2D eigenvalue weighted by Gasteiger charge is 2.22. The highest BCUT2D eigenvalue weighted by molar-refractivity contribution is 9.10. The van der Waals surface area contributed by atoms with E-state index in [-0.39, 0.29) is 17.4 Å². The Labute approximate surface area is 133 Å². The van der Waals surface area contributed by atoms with E-state index in [4.69, 9.17) is 0 Å². The Balaban J connectivity index is 2.13. The number of hydrogen-bond donors (Lipinski definition) is 2. The first-order valence-corrected chi connectivity index (χ1v) is 8.21. The van der Waals surface area contributed by atoms with Crippen LogP contribution < -0.4 is 5.32 Å². The van der Waals surface area contributed by atoms with Crippen molar-refractivity contribution in [1.82, 2.24) is 0 Å². The molecule has 4 nitrogen and oxygen atoms in total. The zero-order valence-electron chi connectivity index (χ0n) is 11.9. The summed E-state index contributed by atoms with van der Waals surface area (Å²) in [5.74, 6) is -1.12. The summed E-state index contributed by atoms with van der Waals surface area (Å²) in [6.07, 6.45) is 7.52. The molecule has 0 bridgehead atoms. The van der Waals surface area contributed by atoms with Crippen LogP contribution in [-0.4, -0.2) is 17.0 Å². The molecule has 1 fully saturated rings. The van der Waals surface area contributed by atoms with E-state index >= 15 is 0 Å². The van der Waals surface area contributed by atoms with E-state index in [9.17, 15) is 14.7 Å². The Kier molecular flexibility index (Phi) is 5.79.